The second-order valence-corrected chi connectivity index (χ2v) is 3.79. The minimum Gasteiger partial charge on any atom is -0.456 e. The number of hydrogen-bond acceptors (Lipinski definition) is 2. The lowest BCUT2D eigenvalue weighted by Gasteiger charge is -2.07. The first kappa shape index (κ1) is 11.2. The van der Waals surface area contributed by atoms with Gasteiger partial charge in [0.15, 0.2) is 0 Å². The van der Waals surface area contributed by atoms with Gasteiger partial charge in [-0.15, -0.1) is 0 Å². The van der Waals surface area contributed by atoms with E-state index >= 15 is 0 Å². The second kappa shape index (κ2) is 4.68. The first-order valence-corrected chi connectivity index (χ1v) is 5.15. The van der Waals surface area contributed by atoms with Gasteiger partial charge in [-0.05, 0) is 24.3 Å². The van der Waals surface area contributed by atoms with Gasteiger partial charge in [-0.25, -0.2) is 9.37 Å². The summed E-state index contributed by atoms with van der Waals surface area (Å²) in [6, 6.07) is 7.07. The van der Waals surface area contributed by atoms with Crippen molar-refractivity contribution in [2.45, 2.75) is 0 Å². The zero-order chi connectivity index (χ0) is 11.5. The van der Waals surface area contributed by atoms with Gasteiger partial charge in [0.1, 0.15) is 22.5 Å². The van der Waals surface area contributed by atoms with Gasteiger partial charge in [-0.1, -0.05) is 23.2 Å². The Kier molecular flexibility index (Phi) is 3.27. The molecule has 0 bridgehead atoms. The summed E-state index contributed by atoms with van der Waals surface area (Å²) in [5.41, 5.74) is 0. The molecule has 2 nitrogen and oxygen atoms in total. The van der Waals surface area contributed by atoms with E-state index < -0.39 is 5.82 Å². The van der Waals surface area contributed by atoms with E-state index in [2.05, 4.69) is 4.98 Å². The number of rotatable bonds is 2. The number of halogens is 3. The molecular weight excluding hydrogens is 252 g/mol. The van der Waals surface area contributed by atoms with Crippen LogP contribution < -0.4 is 4.74 Å². The Bertz CT molecular complexity index is 519. The standard InChI is InChI=1S/C11H6Cl2FNO/c12-9-5-7(14)1-2-10(9)16-8-3-4-15-11(13)6-8/h1-6H. The van der Waals surface area contributed by atoms with Gasteiger partial charge >= 0.3 is 0 Å². The van der Waals surface area contributed by atoms with E-state index in [0.29, 0.717) is 16.7 Å². The SMILES string of the molecule is Fc1ccc(Oc2ccnc(Cl)c2)c(Cl)c1. The van der Waals surface area contributed by atoms with E-state index in [9.17, 15) is 4.39 Å². The summed E-state index contributed by atoms with van der Waals surface area (Å²) in [5.74, 6) is 0.448. The Labute approximate surface area is 102 Å². The van der Waals surface area contributed by atoms with Crippen LogP contribution in [-0.2, 0) is 0 Å². The molecular formula is C11H6Cl2FNO. The highest BCUT2D eigenvalue weighted by Crippen LogP contribution is 2.30. The van der Waals surface area contributed by atoms with Gasteiger partial charge in [0.05, 0.1) is 5.02 Å². The van der Waals surface area contributed by atoms with E-state index in [-0.39, 0.29) is 5.02 Å². The van der Waals surface area contributed by atoms with Gasteiger partial charge in [-0.3, -0.25) is 0 Å². The molecule has 1 aromatic carbocycles. The Morgan fingerprint density at radius 1 is 1.12 bits per heavy atom. The van der Waals surface area contributed by atoms with Gasteiger partial charge in [0.2, 0.25) is 0 Å². The van der Waals surface area contributed by atoms with Crippen molar-refractivity contribution in [1.29, 1.82) is 0 Å². The molecule has 1 aromatic heterocycles. The van der Waals surface area contributed by atoms with Crippen molar-refractivity contribution in [3.63, 3.8) is 0 Å². The van der Waals surface area contributed by atoms with Gasteiger partial charge in [0, 0.05) is 12.3 Å². The summed E-state index contributed by atoms with van der Waals surface area (Å²) >= 11 is 11.5. The van der Waals surface area contributed by atoms with Crippen LogP contribution in [0.25, 0.3) is 0 Å². The van der Waals surface area contributed by atoms with E-state index in [0.717, 1.165) is 0 Å². The number of ether oxygens (including phenoxy) is 1. The Balaban J connectivity index is 2.27. The van der Waals surface area contributed by atoms with Crippen LogP contribution in [0.1, 0.15) is 0 Å². The smallest absolute Gasteiger partial charge is 0.146 e. The zero-order valence-electron chi connectivity index (χ0n) is 7.95. The third-order valence-electron chi connectivity index (χ3n) is 1.82. The van der Waals surface area contributed by atoms with Gasteiger partial charge < -0.3 is 4.74 Å². The summed E-state index contributed by atoms with van der Waals surface area (Å²) in [6.07, 6.45) is 1.51. The molecule has 0 aliphatic heterocycles. The molecule has 2 aromatic rings. The van der Waals surface area contributed by atoms with Crippen LogP contribution in [0.2, 0.25) is 10.2 Å². The van der Waals surface area contributed by atoms with Crippen molar-refractivity contribution in [2.75, 3.05) is 0 Å². The van der Waals surface area contributed by atoms with Crippen LogP contribution >= 0.6 is 23.2 Å². The fourth-order valence-corrected chi connectivity index (χ4v) is 1.50. The first-order valence-electron chi connectivity index (χ1n) is 4.39. The third-order valence-corrected chi connectivity index (χ3v) is 2.32. The molecule has 0 aliphatic rings. The molecule has 2 rings (SSSR count). The van der Waals surface area contributed by atoms with Crippen molar-refractivity contribution in [1.82, 2.24) is 4.98 Å². The van der Waals surface area contributed by atoms with Crippen LogP contribution in [-0.4, -0.2) is 4.98 Å². The number of hydrogen-bond donors (Lipinski definition) is 0. The highest BCUT2D eigenvalue weighted by Gasteiger charge is 2.04. The van der Waals surface area contributed by atoms with Gasteiger partial charge in [0.25, 0.3) is 0 Å². The molecule has 0 atom stereocenters. The van der Waals surface area contributed by atoms with Crippen LogP contribution in [0.3, 0.4) is 0 Å². The van der Waals surface area contributed by atoms with Crippen molar-refractivity contribution < 1.29 is 9.13 Å². The van der Waals surface area contributed by atoms with Crippen molar-refractivity contribution >= 4 is 23.2 Å². The highest BCUT2D eigenvalue weighted by molar-refractivity contribution is 6.32. The molecule has 0 radical (unpaired) electrons. The van der Waals surface area contributed by atoms with E-state index in [4.69, 9.17) is 27.9 Å². The number of pyridine rings is 1. The molecule has 16 heavy (non-hydrogen) atoms. The van der Waals surface area contributed by atoms with E-state index in [1.165, 1.54) is 24.4 Å². The minimum absolute atomic E-state index is 0.202. The summed E-state index contributed by atoms with van der Waals surface area (Å²) in [6.45, 7) is 0. The molecule has 1 heterocycles. The number of benzene rings is 1. The topological polar surface area (TPSA) is 22.1 Å². The van der Waals surface area contributed by atoms with Crippen molar-refractivity contribution in [3.8, 4) is 11.5 Å². The van der Waals surface area contributed by atoms with Crippen LogP contribution in [0.5, 0.6) is 11.5 Å². The fourth-order valence-electron chi connectivity index (χ4n) is 1.13. The summed E-state index contributed by atoms with van der Waals surface area (Å²) < 4.78 is 18.2. The largest absolute Gasteiger partial charge is 0.456 e. The van der Waals surface area contributed by atoms with E-state index in [1.807, 2.05) is 0 Å². The maximum atomic E-state index is 12.8. The molecule has 0 N–H and O–H groups in total. The minimum atomic E-state index is -0.412. The fraction of sp³-hybridized carbons (Fsp3) is 0. The maximum absolute atomic E-state index is 12.8. The van der Waals surface area contributed by atoms with Crippen LogP contribution in [0.4, 0.5) is 4.39 Å². The average Bonchev–Trinajstić information content (AvgIpc) is 2.22. The quantitative estimate of drug-likeness (QED) is 0.748. The summed E-state index contributed by atoms with van der Waals surface area (Å²) in [7, 11) is 0. The van der Waals surface area contributed by atoms with Crippen molar-refractivity contribution in [3.05, 3.63) is 52.5 Å². The number of nitrogens with zero attached hydrogens (tertiary/aromatic N) is 1. The second-order valence-electron chi connectivity index (χ2n) is 2.99. The summed E-state index contributed by atoms with van der Waals surface area (Å²) in [4.78, 5) is 3.81. The number of aromatic nitrogens is 1. The lowest BCUT2D eigenvalue weighted by atomic mass is 10.3. The molecule has 0 fully saturated rings. The normalized spacial score (nSPS) is 10.2. The zero-order valence-corrected chi connectivity index (χ0v) is 9.47. The Morgan fingerprint density at radius 2 is 1.94 bits per heavy atom. The van der Waals surface area contributed by atoms with E-state index in [1.54, 1.807) is 12.1 Å². The average molecular weight is 258 g/mol. The molecule has 0 saturated carbocycles. The monoisotopic (exact) mass is 257 g/mol. The lowest BCUT2D eigenvalue weighted by Crippen LogP contribution is -1.87. The Hall–Kier alpha value is -1.32. The van der Waals surface area contributed by atoms with Crippen molar-refractivity contribution in [2.24, 2.45) is 0 Å². The predicted octanol–water partition coefficient (Wildman–Crippen LogP) is 4.32. The molecule has 0 aliphatic carbocycles. The lowest BCUT2D eigenvalue weighted by molar-refractivity contribution is 0.480. The van der Waals surface area contributed by atoms with Crippen LogP contribution in [0.15, 0.2) is 36.5 Å². The first-order chi connectivity index (χ1) is 7.65. The molecule has 82 valence electrons. The highest BCUT2D eigenvalue weighted by atomic mass is 35.5. The molecule has 0 spiro atoms. The molecule has 0 amide bonds. The predicted molar refractivity (Wildman–Crippen MR) is 60.7 cm³/mol. The van der Waals surface area contributed by atoms with Gasteiger partial charge in [-0.2, -0.15) is 0 Å². The summed E-state index contributed by atoms with van der Waals surface area (Å²) in [5, 5.41) is 0.517. The molecule has 0 saturated heterocycles. The Morgan fingerprint density at radius 3 is 2.62 bits per heavy atom. The van der Waals surface area contributed by atoms with Crippen LogP contribution in [0, 0.1) is 5.82 Å². The molecule has 5 heteroatoms. The third kappa shape index (κ3) is 2.62. The molecule has 0 unspecified atom stereocenters. The maximum Gasteiger partial charge on any atom is 0.146 e.